The van der Waals surface area contributed by atoms with Gasteiger partial charge in [0.15, 0.2) is 0 Å². The van der Waals surface area contributed by atoms with Crippen LogP contribution in [0.3, 0.4) is 0 Å². The van der Waals surface area contributed by atoms with Crippen molar-refractivity contribution in [1.82, 2.24) is 10.2 Å². The molecule has 1 heterocycles. The van der Waals surface area contributed by atoms with E-state index in [4.69, 9.17) is 4.74 Å². The molecule has 0 radical (unpaired) electrons. The van der Waals surface area contributed by atoms with E-state index in [0.29, 0.717) is 12.0 Å². The lowest BCUT2D eigenvalue weighted by Gasteiger charge is -2.47. The zero-order chi connectivity index (χ0) is 14.8. The second-order valence-electron chi connectivity index (χ2n) is 6.74. The zero-order valence-corrected chi connectivity index (χ0v) is 13.4. The average molecular weight is 276 g/mol. The van der Waals surface area contributed by atoms with Crippen molar-refractivity contribution in [3.05, 3.63) is 29.8 Å². The summed E-state index contributed by atoms with van der Waals surface area (Å²) in [6, 6.07) is 8.90. The molecule has 0 aliphatic carbocycles. The molecule has 1 aromatic rings. The SMILES string of the molecule is COc1ccccc1CN1CC(C(C)C)NCC1(C)C. The number of hydrogen-bond acceptors (Lipinski definition) is 3. The van der Waals surface area contributed by atoms with Crippen molar-refractivity contribution in [2.45, 2.75) is 45.8 Å². The molecule has 1 aliphatic rings. The highest BCUT2D eigenvalue weighted by Gasteiger charge is 2.35. The Morgan fingerprint density at radius 3 is 2.70 bits per heavy atom. The second-order valence-corrected chi connectivity index (χ2v) is 6.74. The molecule has 0 saturated carbocycles. The van der Waals surface area contributed by atoms with Crippen molar-refractivity contribution in [3.63, 3.8) is 0 Å². The molecule has 1 N–H and O–H groups in total. The minimum Gasteiger partial charge on any atom is -0.496 e. The van der Waals surface area contributed by atoms with Crippen LogP contribution in [0, 0.1) is 5.92 Å². The molecule has 0 spiro atoms. The molecule has 3 nitrogen and oxygen atoms in total. The van der Waals surface area contributed by atoms with Gasteiger partial charge in [-0.1, -0.05) is 32.0 Å². The van der Waals surface area contributed by atoms with Gasteiger partial charge < -0.3 is 10.1 Å². The Morgan fingerprint density at radius 2 is 2.05 bits per heavy atom. The molecule has 0 bridgehead atoms. The lowest BCUT2D eigenvalue weighted by Crippen LogP contribution is -2.62. The van der Waals surface area contributed by atoms with Crippen LogP contribution < -0.4 is 10.1 Å². The maximum absolute atomic E-state index is 5.49. The van der Waals surface area contributed by atoms with Crippen molar-refractivity contribution in [1.29, 1.82) is 0 Å². The summed E-state index contributed by atoms with van der Waals surface area (Å²) >= 11 is 0. The summed E-state index contributed by atoms with van der Waals surface area (Å²) in [7, 11) is 1.75. The summed E-state index contributed by atoms with van der Waals surface area (Å²) in [6.45, 7) is 12.3. The maximum Gasteiger partial charge on any atom is 0.123 e. The molecule has 1 fully saturated rings. The van der Waals surface area contributed by atoms with Gasteiger partial charge in [-0.25, -0.2) is 0 Å². The van der Waals surface area contributed by atoms with Crippen LogP contribution in [0.5, 0.6) is 5.75 Å². The highest BCUT2D eigenvalue weighted by atomic mass is 16.5. The van der Waals surface area contributed by atoms with E-state index in [1.807, 2.05) is 12.1 Å². The predicted octanol–water partition coefficient (Wildman–Crippen LogP) is 2.90. The van der Waals surface area contributed by atoms with Crippen molar-refractivity contribution in [2.24, 2.45) is 5.92 Å². The zero-order valence-electron chi connectivity index (χ0n) is 13.4. The number of ether oxygens (including phenoxy) is 1. The summed E-state index contributed by atoms with van der Waals surface area (Å²) < 4.78 is 5.49. The van der Waals surface area contributed by atoms with E-state index in [2.05, 4.69) is 50.0 Å². The van der Waals surface area contributed by atoms with E-state index >= 15 is 0 Å². The molecule has 0 amide bonds. The van der Waals surface area contributed by atoms with Gasteiger partial charge in [-0.05, 0) is 25.8 Å². The fraction of sp³-hybridized carbons (Fsp3) is 0.647. The van der Waals surface area contributed by atoms with Gasteiger partial charge in [-0.15, -0.1) is 0 Å². The van der Waals surface area contributed by atoms with Crippen molar-refractivity contribution < 1.29 is 4.74 Å². The molecule has 1 aromatic carbocycles. The van der Waals surface area contributed by atoms with Crippen LogP contribution in [0.2, 0.25) is 0 Å². The molecular weight excluding hydrogens is 248 g/mol. The fourth-order valence-corrected chi connectivity index (χ4v) is 2.81. The van der Waals surface area contributed by atoms with Crippen LogP contribution in [0.15, 0.2) is 24.3 Å². The molecule has 2 rings (SSSR count). The van der Waals surface area contributed by atoms with E-state index in [-0.39, 0.29) is 5.54 Å². The first-order valence-corrected chi connectivity index (χ1v) is 7.54. The lowest BCUT2D eigenvalue weighted by molar-refractivity contribution is 0.0468. The molecule has 3 heteroatoms. The normalized spacial score (nSPS) is 23.0. The quantitative estimate of drug-likeness (QED) is 0.915. The number of rotatable bonds is 4. The Morgan fingerprint density at radius 1 is 1.35 bits per heavy atom. The van der Waals surface area contributed by atoms with Crippen LogP contribution >= 0.6 is 0 Å². The molecule has 20 heavy (non-hydrogen) atoms. The first kappa shape index (κ1) is 15.3. The molecule has 1 aliphatic heterocycles. The van der Waals surface area contributed by atoms with Gasteiger partial charge >= 0.3 is 0 Å². The topological polar surface area (TPSA) is 24.5 Å². The first-order valence-electron chi connectivity index (χ1n) is 7.54. The molecule has 1 atom stereocenters. The van der Waals surface area contributed by atoms with Gasteiger partial charge in [-0.3, -0.25) is 4.90 Å². The third-order valence-electron chi connectivity index (χ3n) is 4.43. The van der Waals surface area contributed by atoms with Crippen LogP contribution in [0.1, 0.15) is 33.3 Å². The second kappa shape index (κ2) is 6.15. The number of piperazine rings is 1. The number of nitrogens with zero attached hydrogens (tertiary/aromatic N) is 1. The van der Waals surface area contributed by atoms with Crippen molar-refractivity contribution in [3.8, 4) is 5.75 Å². The van der Waals surface area contributed by atoms with E-state index in [1.54, 1.807) is 7.11 Å². The Hall–Kier alpha value is -1.06. The van der Waals surface area contributed by atoms with Gasteiger partial charge in [0, 0.05) is 36.8 Å². The summed E-state index contributed by atoms with van der Waals surface area (Å²) in [4.78, 5) is 2.58. The molecule has 1 saturated heterocycles. The van der Waals surface area contributed by atoms with Crippen LogP contribution in [0.25, 0.3) is 0 Å². The van der Waals surface area contributed by atoms with Crippen LogP contribution in [0.4, 0.5) is 0 Å². The van der Waals surface area contributed by atoms with Gasteiger partial charge in [0.2, 0.25) is 0 Å². The highest BCUT2D eigenvalue weighted by molar-refractivity contribution is 5.33. The van der Waals surface area contributed by atoms with Crippen LogP contribution in [-0.2, 0) is 6.54 Å². The van der Waals surface area contributed by atoms with Gasteiger partial charge in [0.25, 0.3) is 0 Å². The number of para-hydroxylation sites is 1. The summed E-state index contributed by atoms with van der Waals surface area (Å²) in [5.41, 5.74) is 1.44. The molecule has 112 valence electrons. The lowest BCUT2D eigenvalue weighted by atomic mass is 9.92. The smallest absolute Gasteiger partial charge is 0.123 e. The molecule has 1 unspecified atom stereocenters. The number of benzene rings is 1. The van der Waals surface area contributed by atoms with Gasteiger partial charge in [-0.2, -0.15) is 0 Å². The van der Waals surface area contributed by atoms with E-state index in [0.717, 1.165) is 25.4 Å². The third kappa shape index (κ3) is 3.33. The monoisotopic (exact) mass is 276 g/mol. The molecule has 0 aromatic heterocycles. The molecular formula is C17H28N2O. The van der Waals surface area contributed by atoms with Crippen molar-refractivity contribution >= 4 is 0 Å². The summed E-state index contributed by atoms with van der Waals surface area (Å²) in [6.07, 6.45) is 0. The van der Waals surface area contributed by atoms with Gasteiger partial charge in [0.05, 0.1) is 7.11 Å². The largest absolute Gasteiger partial charge is 0.496 e. The summed E-state index contributed by atoms with van der Waals surface area (Å²) in [5.74, 6) is 1.65. The van der Waals surface area contributed by atoms with E-state index in [9.17, 15) is 0 Å². The number of hydrogen-bond donors (Lipinski definition) is 1. The maximum atomic E-state index is 5.49. The van der Waals surface area contributed by atoms with Gasteiger partial charge in [0.1, 0.15) is 5.75 Å². The Balaban J connectivity index is 2.16. The minimum absolute atomic E-state index is 0.173. The Kier molecular flexibility index (Phi) is 4.71. The van der Waals surface area contributed by atoms with E-state index in [1.165, 1.54) is 5.56 Å². The number of nitrogens with one attached hydrogen (secondary N) is 1. The summed E-state index contributed by atoms with van der Waals surface area (Å²) in [5, 5.41) is 3.68. The number of methoxy groups -OCH3 is 1. The highest BCUT2D eigenvalue weighted by Crippen LogP contribution is 2.27. The van der Waals surface area contributed by atoms with Crippen molar-refractivity contribution in [2.75, 3.05) is 20.2 Å². The fourth-order valence-electron chi connectivity index (χ4n) is 2.81. The van der Waals surface area contributed by atoms with Crippen LogP contribution in [-0.4, -0.2) is 36.7 Å². The average Bonchev–Trinajstić information content (AvgIpc) is 2.41. The Bertz CT molecular complexity index is 442. The minimum atomic E-state index is 0.173. The Labute approximate surface area is 123 Å². The first-order chi connectivity index (χ1) is 9.44. The predicted molar refractivity (Wildman–Crippen MR) is 84.1 cm³/mol. The third-order valence-corrected chi connectivity index (χ3v) is 4.43. The van der Waals surface area contributed by atoms with E-state index < -0.39 is 0 Å². The standard InChI is InChI=1S/C17H28N2O/c1-13(2)15-11-19(17(3,4)12-18-15)10-14-8-6-7-9-16(14)20-5/h6-9,13,15,18H,10-12H2,1-5H3.